The maximum absolute atomic E-state index is 9.23. The number of rotatable bonds is 12. The van der Waals surface area contributed by atoms with Crippen LogP contribution in [0.25, 0.3) is 132 Å². The van der Waals surface area contributed by atoms with E-state index in [9.17, 15) is 2.74 Å². The molecule has 0 saturated carbocycles. The van der Waals surface area contributed by atoms with Crippen molar-refractivity contribution >= 4 is 121 Å². The van der Waals surface area contributed by atoms with Crippen molar-refractivity contribution in [2.45, 2.75) is 0 Å². The van der Waals surface area contributed by atoms with Crippen molar-refractivity contribution in [2.75, 3.05) is 9.80 Å². The normalized spacial score (nSPS) is 12.9. The van der Waals surface area contributed by atoms with Crippen LogP contribution in [0, 0.1) is 0 Å². The largest absolute Gasteiger partial charge is 0.311 e. The number of anilines is 6. The van der Waals surface area contributed by atoms with Gasteiger partial charge in [-0.1, -0.05) is 243 Å². The summed E-state index contributed by atoms with van der Waals surface area (Å²) in [6.07, 6.45) is 0. The third-order valence-corrected chi connectivity index (χ3v) is 19.5. The Kier molecular flexibility index (Phi) is 12.4. The summed E-state index contributed by atoms with van der Waals surface area (Å²) < 4.78 is 96.7. The zero-order valence-corrected chi connectivity index (χ0v) is 55.0. The Hall–Kier alpha value is -13.7. The number of nitrogens with zero attached hydrogens (tertiary/aromatic N) is 6. The molecule has 4 aromatic heterocycles. The average Bonchev–Trinajstić information content (AvgIpc) is 1.53. The fourth-order valence-corrected chi connectivity index (χ4v) is 15.3. The lowest BCUT2D eigenvalue weighted by atomic mass is 9.96. The summed E-state index contributed by atoms with van der Waals surface area (Å²) in [4.78, 5) is 4.51. The molecule has 0 aliphatic heterocycles. The molecular formula is C96H66N6. The second-order valence-electron chi connectivity index (χ2n) is 25.2. The van der Waals surface area contributed by atoms with Crippen molar-refractivity contribution < 1.29 is 13.7 Å². The maximum atomic E-state index is 9.23. The third-order valence-electron chi connectivity index (χ3n) is 19.5. The first kappa shape index (κ1) is 49.8. The Balaban J connectivity index is 0.000000153. The lowest BCUT2D eigenvalue weighted by Gasteiger charge is -2.26. The van der Waals surface area contributed by atoms with E-state index in [-0.39, 0.29) is 11.4 Å². The summed E-state index contributed by atoms with van der Waals surface area (Å²) in [5.41, 5.74) is 19.1. The fraction of sp³-hybridized carbons (Fsp3) is 0. The van der Waals surface area contributed by atoms with Crippen LogP contribution in [0.2, 0.25) is 0 Å². The molecule has 0 unspecified atom stereocenters. The molecule has 0 aliphatic rings. The van der Waals surface area contributed by atoms with Crippen LogP contribution in [0.3, 0.4) is 0 Å². The molecule has 0 aliphatic carbocycles. The molecule has 0 amide bonds. The van der Waals surface area contributed by atoms with E-state index >= 15 is 0 Å². The van der Waals surface area contributed by atoms with Crippen molar-refractivity contribution in [3.05, 3.63) is 400 Å². The van der Waals surface area contributed by atoms with E-state index in [1.807, 2.05) is 103 Å². The Morgan fingerprint density at radius 2 is 0.510 bits per heavy atom. The Morgan fingerprint density at radius 1 is 0.206 bits per heavy atom. The molecule has 4 heterocycles. The predicted molar refractivity (Wildman–Crippen MR) is 430 cm³/mol. The maximum Gasteiger partial charge on any atom is 0.0795 e. The summed E-state index contributed by atoms with van der Waals surface area (Å²) >= 11 is 0. The second-order valence-corrected chi connectivity index (χ2v) is 25.2. The van der Waals surface area contributed by atoms with Crippen molar-refractivity contribution in [2.24, 2.45) is 0 Å². The molecule has 0 atom stereocenters. The first-order valence-corrected chi connectivity index (χ1v) is 34.1. The average molecular weight is 1310 g/mol. The van der Waals surface area contributed by atoms with Crippen molar-refractivity contribution in [1.29, 1.82) is 0 Å². The lowest BCUT2D eigenvalue weighted by Crippen LogP contribution is -2.09. The standard InChI is InChI=1S/2C48H33N3/c1-5-19-35(20-6-1)49(36-21-7-2-8-22-36)39-27-17-18-34(32-39)42-33-43-40-28-13-15-30-44(40)50(37-23-9-3-10-24-37)47(43)48-46(42)41-29-14-16-31-45(41)51(48)38-25-11-4-12-26-38;1-5-17-35(18-6-1)49(36-19-7-2-8-20-36)39-31-29-34(30-32-39)42-33-43-40-25-13-15-27-44(40)50(37-21-9-3-10-22-37)47(43)48-46(42)41-26-14-16-28-45(41)51(48)38-23-11-4-12-24-38/h2*1-33H/i;3D,4D,9D,10D,11D,12D,21D,22D,23D,24D. The molecule has 102 heavy (non-hydrogen) atoms. The highest BCUT2D eigenvalue weighted by molar-refractivity contribution is 6.30. The Bertz CT molecular complexity index is 6970. The highest BCUT2D eigenvalue weighted by Crippen LogP contribution is 2.50. The van der Waals surface area contributed by atoms with Crippen LogP contribution in [0.1, 0.15) is 13.7 Å². The number of aromatic nitrogens is 4. The first-order chi connectivity index (χ1) is 54.8. The van der Waals surface area contributed by atoms with Crippen LogP contribution >= 0.6 is 0 Å². The van der Waals surface area contributed by atoms with E-state index in [1.54, 1.807) is 9.13 Å². The third kappa shape index (κ3) is 10.0. The Morgan fingerprint density at radius 3 is 0.931 bits per heavy atom. The highest BCUT2D eigenvalue weighted by Gasteiger charge is 2.28. The molecule has 480 valence electrons. The topological polar surface area (TPSA) is 26.2 Å². The van der Waals surface area contributed by atoms with Gasteiger partial charge in [-0.15, -0.1) is 0 Å². The summed E-state index contributed by atoms with van der Waals surface area (Å²) in [6.45, 7) is 0. The van der Waals surface area contributed by atoms with Crippen LogP contribution in [-0.4, -0.2) is 18.3 Å². The van der Waals surface area contributed by atoms with Gasteiger partial charge in [0.25, 0.3) is 0 Å². The van der Waals surface area contributed by atoms with Gasteiger partial charge in [0.05, 0.1) is 57.8 Å². The van der Waals surface area contributed by atoms with Gasteiger partial charge in [-0.25, -0.2) is 0 Å². The van der Waals surface area contributed by atoms with Crippen LogP contribution < -0.4 is 9.80 Å². The number of para-hydroxylation sites is 12. The van der Waals surface area contributed by atoms with Gasteiger partial charge in [0, 0.05) is 100.0 Å². The zero-order valence-electron chi connectivity index (χ0n) is 65.0. The Labute approximate surface area is 605 Å². The second kappa shape index (κ2) is 25.3. The molecule has 16 aromatic carbocycles. The van der Waals surface area contributed by atoms with Crippen molar-refractivity contribution in [3.8, 4) is 45.0 Å². The summed E-state index contributed by atoms with van der Waals surface area (Å²) in [6, 6.07) is 113. The molecular weight excluding hydrogens is 1240 g/mol. The van der Waals surface area contributed by atoms with Crippen molar-refractivity contribution in [3.63, 3.8) is 0 Å². The molecule has 20 aromatic rings. The van der Waals surface area contributed by atoms with Crippen molar-refractivity contribution in [1.82, 2.24) is 18.3 Å². The quantitative estimate of drug-likeness (QED) is 0.122. The smallest absolute Gasteiger partial charge is 0.0795 e. The van der Waals surface area contributed by atoms with Gasteiger partial charge < -0.3 is 28.1 Å². The summed E-state index contributed by atoms with van der Waals surface area (Å²) in [5, 5.41) is 7.72. The monoisotopic (exact) mass is 1310 g/mol. The molecule has 0 N–H and O–H groups in total. The van der Waals surface area contributed by atoms with E-state index in [0.717, 1.165) is 67.4 Å². The minimum Gasteiger partial charge on any atom is -0.311 e. The minimum absolute atomic E-state index is 0.0737. The molecule has 0 radical (unpaired) electrons. The van der Waals surface area contributed by atoms with Crippen LogP contribution in [-0.2, 0) is 0 Å². The van der Waals surface area contributed by atoms with Gasteiger partial charge in [0.1, 0.15) is 0 Å². The fourth-order valence-electron chi connectivity index (χ4n) is 15.3. The van der Waals surface area contributed by atoms with Crippen LogP contribution in [0.5, 0.6) is 0 Å². The summed E-state index contributed by atoms with van der Waals surface area (Å²) in [5.74, 6) is 0. The van der Waals surface area contributed by atoms with Gasteiger partial charge in [-0.3, -0.25) is 0 Å². The van der Waals surface area contributed by atoms with E-state index in [1.165, 1.54) is 54.7 Å². The number of hydrogen-bond acceptors (Lipinski definition) is 2. The molecule has 20 rings (SSSR count). The molecule has 0 fully saturated rings. The van der Waals surface area contributed by atoms with Crippen LogP contribution in [0.15, 0.2) is 400 Å². The van der Waals surface area contributed by atoms with Gasteiger partial charge in [0.15, 0.2) is 0 Å². The predicted octanol–water partition coefficient (Wildman–Crippen LogP) is 26.0. The van der Waals surface area contributed by atoms with Gasteiger partial charge >= 0.3 is 0 Å². The molecule has 6 heteroatoms. The van der Waals surface area contributed by atoms with Gasteiger partial charge in [-0.05, 0) is 180 Å². The molecule has 6 nitrogen and oxygen atoms in total. The minimum atomic E-state index is -0.529. The molecule has 0 saturated heterocycles. The van der Waals surface area contributed by atoms with E-state index < -0.39 is 60.4 Å². The van der Waals surface area contributed by atoms with Gasteiger partial charge in [-0.2, -0.15) is 0 Å². The van der Waals surface area contributed by atoms with Gasteiger partial charge in [0.2, 0.25) is 0 Å². The van der Waals surface area contributed by atoms with E-state index in [4.69, 9.17) is 11.0 Å². The number of hydrogen-bond donors (Lipinski definition) is 0. The molecule has 0 spiro atoms. The SMILES string of the molecule is [2H]c1c([2H])c([2H])c(-n2c3ccccc3c3cc(-c4ccc(N(c5ccccc5)c5ccccc5)cc4)c4c5ccccc5n(-c5c([2H])c([2H])c([2H])c([2H])c5[2H])c4c32)c([2H])c1[2H].c1ccc(N(c2ccccc2)c2cccc(-c3cc4c5ccccc5n(-c5ccccc5)c4c4c3c3ccccc3n4-c3ccccc3)c2)cc1. The first-order valence-electron chi connectivity index (χ1n) is 39.1. The van der Waals surface area contributed by atoms with Crippen LogP contribution in [0.4, 0.5) is 34.1 Å². The lowest BCUT2D eigenvalue weighted by molar-refractivity contribution is 1.15. The van der Waals surface area contributed by atoms with E-state index in [2.05, 4.69) is 256 Å². The molecule has 0 bridgehead atoms. The zero-order chi connectivity index (χ0) is 76.2. The summed E-state index contributed by atoms with van der Waals surface area (Å²) in [7, 11) is 0. The number of fused-ring (bicyclic) bond motifs is 14. The number of benzene rings is 16. The highest BCUT2D eigenvalue weighted by atomic mass is 15.1. The van der Waals surface area contributed by atoms with E-state index in [0.29, 0.717) is 32.8 Å².